The summed E-state index contributed by atoms with van der Waals surface area (Å²) in [6.07, 6.45) is 2.64. The molecule has 0 saturated carbocycles. The first-order valence-electron chi connectivity index (χ1n) is 9.15. The summed E-state index contributed by atoms with van der Waals surface area (Å²) in [5, 5.41) is 12.1. The maximum atomic E-state index is 12.5. The topological polar surface area (TPSA) is 91.2 Å². The van der Waals surface area contributed by atoms with Crippen molar-refractivity contribution < 1.29 is 14.3 Å². The second kappa shape index (κ2) is 9.92. The lowest BCUT2D eigenvalue weighted by Gasteiger charge is -2.12. The van der Waals surface area contributed by atoms with Crippen LogP contribution in [0.3, 0.4) is 0 Å². The Bertz CT molecular complexity index is 962. The molecule has 0 bridgehead atoms. The fraction of sp³-hybridized carbons (Fsp3) is 0.300. The minimum absolute atomic E-state index is 0.163. The predicted octanol–water partition coefficient (Wildman–Crippen LogP) is 3.50. The average molecular weight is 414 g/mol. The molecule has 0 radical (unpaired) electrons. The first-order valence-corrected chi connectivity index (χ1v) is 10.1. The quantitative estimate of drug-likeness (QED) is 0.537. The molecule has 1 aromatic carbocycles. The first kappa shape index (κ1) is 20.7. The van der Waals surface area contributed by atoms with E-state index in [0.717, 1.165) is 18.7 Å². The number of rotatable bonds is 9. The lowest BCUT2D eigenvalue weighted by molar-refractivity contribution is -0.113. The summed E-state index contributed by atoms with van der Waals surface area (Å²) >= 11 is 1.33. The summed E-state index contributed by atoms with van der Waals surface area (Å²) in [4.78, 5) is 16.8. The van der Waals surface area contributed by atoms with Gasteiger partial charge in [-0.1, -0.05) is 24.8 Å². The van der Waals surface area contributed by atoms with E-state index in [9.17, 15) is 4.79 Å². The molecule has 0 spiro atoms. The van der Waals surface area contributed by atoms with E-state index in [2.05, 4.69) is 27.4 Å². The normalized spacial score (nSPS) is 10.6. The Morgan fingerprint density at radius 3 is 2.72 bits per heavy atom. The average Bonchev–Trinajstić information content (AvgIpc) is 3.16. The molecule has 152 valence electrons. The van der Waals surface area contributed by atoms with Gasteiger partial charge in [0.15, 0.2) is 11.0 Å². The number of nitrogens with zero attached hydrogens (tertiary/aromatic N) is 4. The number of pyridine rings is 1. The van der Waals surface area contributed by atoms with Crippen LogP contribution in [0.5, 0.6) is 11.5 Å². The van der Waals surface area contributed by atoms with E-state index in [0.29, 0.717) is 28.2 Å². The number of thioether (sulfide) groups is 1. The highest BCUT2D eigenvalue weighted by atomic mass is 32.2. The van der Waals surface area contributed by atoms with Crippen molar-refractivity contribution in [2.75, 3.05) is 25.3 Å². The third kappa shape index (κ3) is 5.05. The highest BCUT2D eigenvalue weighted by Crippen LogP contribution is 2.29. The smallest absolute Gasteiger partial charge is 0.234 e. The maximum Gasteiger partial charge on any atom is 0.234 e. The van der Waals surface area contributed by atoms with E-state index in [-0.39, 0.29) is 11.7 Å². The maximum absolute atomic E-state index is 12.5. The van der Waals surface area contributed by atoms with Gasteiger partial charge in [-0.2, -0.15) is 0 Å². The van der Waals surface area contributed by atoms with Gasteiger partial charge in [-0.25, -0.2) is 0 Å². The van der Waals surface area contributed by atoms with E-state index in [1.165, 1.54) is 11.8 Å². The third-order valence-corrected chi connectivity index (χ3v) is 5.04. The summed E-state index contributed by atoms with van der Waals surface area (Å²) in [5.41, 5.74) is 1.34. The monoisotopic (exact) mass is 413 g/mol. The van der Waals surface area contributed by atoms with Gasteiger partial charge in [0.05, 0.1) is 25.7 Å². The SMILES string of the molecule is CCCn1c(SCC(=O)Nc2ccc(OC)cc2OC)nnc1-c1ccccn1. The molecule has 1 N–H and O–H groups in total. The molecule has 2 heterocycles. The number of aromatic nitrogens is 4. The van der Waals surface area contributed by atoms with E-state index in [4.69, 9.17) is 9.47 Å². The number of amides is 1. The minimum atomic E-state index is -0.163. The van der Waals surface area contributed by atoms with Gasteiger partial charge in [-0.05, 0) is 30.7 Å². The van der Waals surface area contributed by atoms with Gasteiger partial charge in [0.25, 0.3) is 0 Å². The number of methoxy groups -OCH3 is 2. The van der Waals surface area contributed by atoms with Crippen LogP contribution in [0.1, 0.15) is 13.3 Å². The van der Waals surface area contributed by atoms with Crippen LogP contribution in [0, 0.1) is 0 Å². The van der Waals surface area contributed by atoms with Crippen LogP contribution in [0.2, 0.25) is 0 Å². The summed E-state index contributed by atoms with van der Waals surface area (Å²) in [6, 6.07) is 10.9. The van der Waals surface area contributed by atoms with E-state index in [1.54, 1.807) is 38.6 Å². The van der Waals surface area contributed by atoms with E-state index >= 15 is 0 Å². The molecular formula is C20H23N5O3S. The fourth-order valence-electron chi connectivity index (χ4n) is 2.72. The molecule has 8 nitrogen and oxygen atoms in total. The Hall–Kier alpha value is -3.07. The van der Waals surface area contributed by atoms with Gasteiger partial charge < -0.3 is 19.4 Å². The van der Waals surface area contributed by atoms with Crippen LogP contribution < -0.4 is 14.8 Å². The van der Waals surface area contributed by atoms with Gasteiger partial charge in [0, 0.05) is 18.8 Å². The minimum Gasteiger partial charge on any atom is -0.497 e. The molecule has 2 aromatic heterocycles. The van der Waals surface area contributed by atoms with Crippen molar-refractivity contribution in [3.05, 3.63) is 42.6 Å². The first-order chi connectivity index (χ1) is 14.2. The number of ether oxygens (including phenoxy) is 2. The number of carbonyl (C=O) groups is 1. The second-order valence-electron chi connectivity index (χ2n) is 6.08. The number of hydrogen-bond acceptors (Lipinski definition) is 7. The molecule has 1 amide bonds. The summed E-state index contributed by atoms with van der Waals surface area (Å²) in [5.74, 6) is 1.92. The number of benzene rings is 1. The molecule has 0 aliphatic carbocycles. The van der Waals surface area contributed by atoms with Gasteiger partial charge in [0.1, 0.15) is 17.2 Å². The molecule has 0 fully saturated rings. The summed E-state index contributed by atoms with van der Waals surface area (Å²) < 4.78 is 12.5. The Morgan fingerprint density at radius 1 is 1.17 bits per heavy atom. The van der Waals surface area contributed by atoms with Crippen molar-refractivity contribution in [1.82, 2.24) is 19.7 Å². The molecular weight excluding hydrogens is 390 g/mol. The molecule has 0 unspecified atom stereocenters. The van der Waals surface area contributed by atoms with Crippen LogP contribution in [0.25, 0.3) is 11.5 Å². The van der Waals surface area contributed by atoms with E-state index < -0.39 is 0 Å². The third-order valence-electron chi connectivity index (χ3n) is 4.07. The van der Waals surface area contributed by atoms with Crippen molar-refractivity contribution in [3.8, 4) is 23.0 Å². The molecule has 3 rings (SSSR count). The second-order valence-corrected chi connectivity index (χ2v) is 7.02. The number of hydrogen-bond donors (Lipinski definition) is 1. The van der Waals surface area contributed by atoms with Crippen LogP contribution >= 0.6 is 11.8 Å². The standard InChI is InChI=1S/C20H23N5O3S/c1-4-11-25-19(16-7-5-6-10-21-16)23-24-20(25)29-13-18(26)22-15-9-8-14(27-2)12-17(15)28-3/h5-10,12H,4,11,13H2,1-3H3,(H,22,26). The number of carbonyl (C=O) groups excluding carboxylic acids is 1. The van der Waals surface area contributed by atoms with Gasteiger partial charge >= 0.3 is 0 Å². The molecule has 0 saturated heterocycles. The van der Waals surface area contributed by atoms with Gasteiger partial charge in [-0.15, -0.1) is 10.2 Å². The molecule has 0 aliphatic heterocycles. The molecule has 0 aliphatic rings. The zero-order valence-corrected chi connectivity index (χ0v) is 17.4. The molecule has 3 aromatic rings. The molecule has 29 heavy (non-hydrogen) atoms. The Kier molecular flexibility index (Phi) is 7.07. The van der Waals surface area contributed by atoms with Gasteiger partial charge in [-0.3, -0.25) is 9.78 Å². The largest absolute Gasteiger partial charge is 0.497 e. The zero-order valence-electron chi connectivity index (χ0n) is 16.6. The van der Waals surface area contributed by atoms with Crippen LogP contribution in [-0.2, 0) is 11.3 Å². The number of anilines is 1. The van der Waals surface area contributed by atoms with Crippen LogP contribution in [-0.4, -0.2) is 45.6 Å². The van der Waals surface area contributed by atoms with Crippen molar-refractivity contribution in [2.45, 2.75) is 25.0 Å². The fourth-order valence-corrected chi connectivity index (χ4v) is 3.49. The van der Waals surface area contributed by atoms with Crippen molar-refractivity contribution in [3.63, 3.8) is 0 Å². The highest BCUT2D eigenvalue weighted by Gasteiger charge is 2.16. The highest BCUT2D eigenvalue weighted by molar-refractivity contribution is 7.99. The lowest BCUT2D eigenvalue weighted by Crippen LogP contribution is -2.15. The van der Waals surface area contributed by atoms with Gasteiger partial charge in [0.2, 0.25) is 5.91 Å². The Labute approximate surface area is 173 Å². The van der Waals surface area contributed by atoms with Crippen LogP contribution in [0.15, 0.2) is 47.8 Å². The predicted molar refractivity (Wildman–Crippen MR) is 112 cm³/mol. The Morgan fingerprint density at radius 2 is 2.03 bits per heavy atom. The van der Waals surface area contributed by atoms with Crippen molar-refractivity contribution >= 4 is 23.4 Å². The van der Waals surface area contributed by atoms with Crippen LogP contribution in [0.4, 0.5) is 5.69 Å². The Balaban J connectivity index is 1.70. The lowest BCUT2D eigenvalue weighted by atomic mass is 10.2. The zero-order chi connectivity index (χ0) is 20.6. The van der Waals surface area contributed by atoms with Crippen molar-refractivity contribution in [2.24, 2.45) is 0 Å². The summed E-state index contributed by atoms with van der Waals surface area (Å²) in [6.45, 7) is 2.83. The molecule has 9 heteroatoms. The number of nitrogens with one attached hydrogen (secondary N) is 1. The molecule has 0 atom stereocenters. The summed E-state index contributed by atoms with van der Waals surface area (Å²) in [7, 11) is 3.13. The van der Waals surface area contributed by atoms with Crippen molar-refractivity contribution in [1.29, 1.82) is 0 Å². The van der Waals surface area contributed by atoms with E-state index in [1.807, 2.05) is 22.8 Å².